The van der Waals surface area contributed by atoms with E-state index in [1.807, 2.05) is 58.0 Å². The number of hydrogen-bond acceptors (Lipinski definition) is 5. The van der Waals surface area contributed by atoms with Gasteiger partial charge in [-0.15, -0.1) is 0 Å². The lowest BCUT2D eigenvalue weighted by Gasteiger charge is -2.24. The first kappa shape index (κ1) is 24.8. The van der Waals surface area contributed by atoms with Crippen LogP contribution in [-0.4, -0.2) is 34.6 Å². The van der Waals surface area contributed by atoms with Crippen molar-refractivity contribution in [2.45, 2.75) is 59.2 Å². The van der Waals surface area contributed by atoms with Crippen molar-refractivity contribution in [1.82, 2.24) is 10.6 Å². The first-order chi connectivity index (χ1) is 13.6. The molecule has 0 heterocycles. The summed E-state index contributed by atoms with van der Waals surface area (Å²) in [7, 11) is 0. The molecule has 0 fully saturated rings. The van der Waals surface area contributed by atoms with Gasteiger partial charge in [0, 0.05) is 15.9 Å². The highest BCUT2D eigenvalue weighted by Crippen LogP contribution is 2.11. The highest BCUT2D eigenvalue weighted by molar-refractivity contribution is 9.19. The van der Waals surface area contributed by atoms with Crippen LogP contribution < -0.4 is 10.6 Å². The molecule has 0 radical (unpaired) electrons. The molecule has 1 aromatic rings. The van der Waals surface area contributed by atoms with E-state index in [0.717, 1.165) is 5.56 Å². The molecule has 0 aliphatic carbocycles. The number of benzene rings is 1. The van der Waals surface area contributed by atoms with Crippen LogP contribution in [-0.2, 0) is 25.7 Å². The zero-order valence-corrected chi connectivity index (χ0v) is 18.8. The Bertz CT molecular complexity index is 706. The van der Waals surface area contributed by atoms with Gasteiger partial charge < -0.3 is 15.4 Å². The maximum absolute atomic E-state index is 12.7. The summed E-state index contributed by atoms with van der Waals surface area (Å²) < 4.78 is 4.39. The largest absolute Gasteiger partial charge is 0.445 e. The fourth-order valence-electron chi connectivity index (χ4n) is 2.72. The smallest absolute Gasteiger partial charge is 0.408 e. The van der Waals surface area contributed by atoms with E-state index in [2.05, 4.69) is 26.6 Å². The lowest BCUT2D eigenvalue weighted by molar-refractivity contribution is -0.135. The minimum Gasteiger partial charge on any atom is -0.445 e. The summed E-state index contributed by atoms with van der Waals surface area (Å²) in [6.07, 6.45) is -0.0516. The van der Waals surface area contributed by atoms with Gasteiger partial charge in [0.2, 0.25) is 11.7 Å². The summed E-state index contributed by atoms with van der Waals surface area (Å²) in [5.74, 6) is -1.05. The van der Waals surface area contributed by atoms with Crippen molar-refractivity contribution in [1.29, 1.82) is 0 Å². The topological polar surface area (TPSA) is 102 Å². The molecule has 0 aliphatic rings. The second-order valence-corrected chi connectivity index (χ2v) is 8.44. The Morgan fingerprint density at radius 3 is 1.97 bits per heavy atom. The van der Waals surface area contributed by atoms with E-state index in [4.69, 9.17) is 4.74 Å². The molecular formula is C21H29BrN2O5. The predicted molar refractivity (Wildman–Crippen MR) is 113 cm³/mol. The third-order valence-electron chi connectivity index (χ3n) is 4.06. The van der Waals surface area contributed by atoms with Gasteiger partial charge in [0.15, 0.2) is 0 Å². The first-order valence-electron chi connectivity index (χ1n) is 9.61. The molecule has 0 bridgehead atoms. The lowest BCUT2D eigenvalue weighted by atomic mass is 9.99. The highest BCUT2D eigenvalue weighted by atomic mass is 79.9. The minimum atomic E-state index is -0.953. The van der Waals surface area contributed by atoms with Crippen molar-refractivity contribution in [2.24, 2.45) is 11.8 Å². The molecule has 2 N–H and O–H groups in total. The molecule has 8 heteroatoms. The molecule has 0 saturated heterocycles. The molecule has 29 heavy (non-hydrogen) atoms. The number of amides is 2. The Hall–Kier alpha value is -2.22. The van der Waals surface area contributed by atoms with Gasteiger partial charge in [-0.25, -0.2) is 4.79 Å². The van der Waals surface area contributed by atoms with Crippen molar-refractivity contribution < 1.29 is 23.9 Å². The van der Waals surface area contributed by atoms with Gasteiger partial charge in [0.1, 0.15) is 12.6 Å². The van der Waals surface area contributed by atoms with Crippen molar-refractivity contribution in [3.05, 3.63) is 35.9 Å². The third kappa shape index (κ3) is 9.69. The van der Waals surface area contributed by atoms with Crippen molar-refractivity contribution in [3.63, 3.8) is 0 Å². The van der Waals surface area contributed by atoms with E-state index in [1.54, 1.807) is 0 Å². The average Bonchev–Trinajstić information content (AvgIpc) is 2.64. The number of carbonyl (C=O) groups excluding carboxylic acids is 4. The SMILES string of the molecule is CC(C)C[C@H](NC(=O)OCc1ccccc1)C(=O)N[C@@H](CC(C)C)C(=O)C(=O)Br. The Kier molecular flexibility index (Phi) is 10.6. The van der Waals surface area contributed by atoms with E-state index < -0.39 is 34.6 Å². The molecule has 0 aliphatic heterocycles. The number of ether oxygens (including phenoxy) is 1. The molecule has 0 unspecified atom stereocenters. The number of rotatable bonds is 11. The summed E-state index contributed by atoms with van der Waals surface area (Å²) in [4.78, 5) is 48.5. The standard InChI is InChI=1S/C21H29BrN2O5/c1-13(2)10-16(18(25)19(22)26)23-20(27)17(11-14(3)4)24-21(28)29-12-15-8-6-5-7-9-15/h5-9,13-14,16-17H,10-12H2,1-4H3,(H,23,27)(H,24,28)/t16-,17-/m0/s1. The van der Waals surface area contributed by atoms with Gasteiger partial charge in [0.05, 0.1) is 6.04 Å². The van der Waals surface area contributed by atoms with E-state index in [1.165, 1.54) is 0 Å². The van der Waals surface area contributed by atoms with Gasteiger partial charge in [-0.1, -0.05) is 58.0 Å². The Morgan fingerprint density at radius 2 is 1.45 bits per heavy atom. The third-order valence-corrected chi connectivity index (χ3v) is 4.45. The van der Waals surface area contributed by atoms with Crippen molar-refractivity contribution in [2.75, 3.05) is 0 Å². The van der Waals surface area contributed by atoms with Crippen LogP contribution >= 0.6 is 15.9 Å². The van der Waals surface area contributed by atoms with Crippen LogP contribution in [0.1, 0.15) is 46.1 Å². The van der Waals surface area contributed by atoms with Crippen LogP contribution in [0.4, 0.5) is 4.79 Å². The maximum Gasteiger partial charge on any atom is 0.408 e. The number of Topliss-reactive ketones (excluding diaryl/α,β-unsaturated/α-hetero) is 1. The number of ketones is 1. The molecule has 1 aromatic carbocycles. The zero-order valence-electron chi connectivity index (χ0n) is 17.2. The van der Waals surface area contributed by atoms with Gasteiger partial charge >= 0.3 is 6.09 Å². The van der Waals surface area contributed by atoms with E-state index in [0.29, 0.717) is 12.8 Å². The summed E-state index contributed by atoms with van der Waals surface area (Å²) in [5.41, 5.74) is 0.825. The first-order valence-corrected chi connectivity index (χ1v) is 10.4. The summed E-state index contributed by atoms with van der Waals surface area (Å²) in [5, 5.41) is 5.17. The summed E-state index contributed by atoms with van der Waals surface area (Å²) in [6, 6.07) is 7.35. The van der Waals surface area contributed by atoms with Gasteiger partial charge in [-0.05, 0) is 30.2 Å². The Balaban J connectivity index is 2.78. The number of carbonyl (C=O) groups is 4. The Labute approximate surface area is 180 Å². The molecule has 160 valence electrons. The predicted octanol–water partition coefficient (Wildman–Crippen LogP) is 3.35. The van der Waals surface area contributed by atoms with Gasteiger partial charge in [-0.3, -0.25) is 14.4 Å². The molecule has 0 aromatic heterocycles. The quantitative estimate of drug-likeness (QED) is 0.382. The molecule has 0 saturated carbocycles. The molecule has 2 atom stereocenters. The zero-order chi connectivity index (χ0) is 22.0. The second kappa shape index (κ2) is 12.4. The number of hydrogen-bond donors (Lipinski definition) is 2. The number of nitrogens with one attached hydrogen (secondary N) is 2. The highest BCUT2D eigenvalue weighted by Gasteiger charge is 2.30. The molecule has 7 nitrogen and oxygen atoms in total. The lowest BCUT2D eigenvalue weighted by Crippen LogP contribution is -2.53. The van der Waals surface area contributed by atoms with Crippen molar-refractivity contribution in [3.8, 4) is 0 Å². The second-order valence-electron chi connectivity index (χ2n) is 7.72. The average molecular weight is 469 g/mol. The Morgan fingerprint density at radius 1 is 0.897 bits per heavy atom. The van der Waals surface area contributed by atoms with Crippen LogP contribution in [0.5, 0.6) is 0 Å². The van der Waals surface area contributed by atoms with Crippen molar-refractivity contribution >= 4 is 38.4 Å². The van der Waals surface area contributed by atoms with Gasteiger partial charge in [-0.2, -0.15) is 0 Å². The minimum absolute atomic E-state index is 0.0786. The van der Waals surface area contributed by atoms with Gasteiger partial charge in [0.25, 0.3) is 4.69 Å². The van der Waals surface area contributed by atoms with Crippen LogP contribution in [0.25, 0.3) is 0 Å². The molecule has 2 amide bonds. The maximum atomic E-state index is 12.7. The fraction of sp³-hybridized carbons (Fsp3) is 0.524. The number of halogens is 1. The van der Waals surface area contributed by atoms with E-state index in [9.17, 15) is 19.2 Å². The number of alkyl carbamates (subject to hydrolysis) is 1. The van der Waals surface area contributed by atoms with Crippen LogP contribution in [0.15, 0.2) is 30.3 Å². The molecular weight excluding hydrogens is 440 g/mol. The molecule has 1 rings (SSSR count). The molecule has 0 spiro atoms. The fourth-order valence-corrected chi connectivity index (χ4v) is 3.00. The summed E-state index contributed by atoms with van der Waals surface area (Å²) >= 11 is 2.65. The van der Waals surface area contributed by atoms with Crippen LogP contribution in [0, 0.1) is 11.8 Å². The van der Waals surface area contributed by atoms with E-state index >= 15 is 0 Å². The normalized spacial score (nSPS) is 12.9. The van der Waals surface area contributed by atoms with Crippen LogP contribution in [0.2, 0.25) is 0 Å². The monoisotopic (exact) mass is 468 g/mol. The summed E-state index contributed by atoms with van der Waals surface area (Å²) in [6.45, 7) is 7.67. The van der Waals surface area contributed by atoms with E-state index in [-0.39, 0.29) is 18.4 Å². The van der Waals surface area contributed by atoms with Crippen LogP contribution in [0.3, 0.4) is 0 Å².